The van der Waals surface area contributed by atoms with Gasteiger partial charge in [-0.1, -0.05) is 18.2 Å². The van der Waals surface area contributed by atoms with E-state index < -0.39 is 17.6 Å². The average Bonchev–Trinajstić information content (AvgIpc) is 2.54. The maximum Gasteiger partial charge on any atom is 0.416 e. The molecular formula is C16H13F3N2O2. The summed E-state index contributed by atoms with van der Waals surface area (Å²) in [5.74, 6) is 0.0800. The number of carbonyl (C=O) groups is 1. The van der Waals surface area contributed by atoms with Crippen LogP contribution in [0, 0.1) is 0 Å². The Morgan fingerprint density at radius 1 is 1.17 bits per heavy atom. The molecule has 0 saturated carbocycles. The standard InChI is InChI=1S/C16H13F3N2O2/c1-23-14-4-2-3-12(9-14)15(22)21-20-10-11-5-7-13(8-6-11)16(17,18)19/h2-10H,1H3,(H,21,22). The van der Waals surface area contributed by atoms with E-state index >= 15 is 0 Å². The van der Waals surface area contributed by atoms with Crippen molar-refractivity contribution in [1.29, 1.82) is 0 Å². The molecule has 0 unspecified atom stereocenters. The lowest BCUT2D eigenvalue weighted by Crippen LogP contribution is -2.17. The van der Waals surface area contributed by atoms with Crippen molar-refractivity contribution >= 4 is 12.1 Å². The van der Waals surface area contributed by atoms with Gasteiger partial charge in [0.2, 0.25) is 0 Å². The second kappa shape index (κ2) is 6.95. The highest BCUT2D eigenvalue weighted by molar-refractivity contribution is 5.95. The summed E-state index contributed by atoms with van der Waals surface area (Å²) in [6, 6.07) is 10.9. The molecule has 0 heterocycles. The number of hydrogen-bond donors (Lipinski definition) is 1. The first-order valence-corrected chi connectivity index (χ1v) is 6.55. The molecule has 1 N–H and O–H groups in total. The Morgan fingerprint density at radius 2 is 1.87 bits per heavy atom. The molecule has 0 atom stereocenters. The molecule has 0 saturated heterocycles. The molecule has 2 rings (SSSR count). The van der Waals surface area contributed by atoms with Gasteiger partial charge in [0, 0.05) is 5.56 Å². The molecule has 7 heteroatoms. The average molecular weight is 322 g/mol. The van der Waals surface area contributed by atoms with Gasteiger partial charge in [-0.2, -0.15) is 18.3 Å². The van der Waals surface area contributed by atoms with Gasteiger partial charge in [-0.25, -0.2) is 5.43 Å². The molecule has 120 valence electrons. The summed E-state index contributed by atoms with van der Waals surface area (Å²) in [5.41, 5.74) is 2.35. The topological polar surface area (TPSA) is 50.7 Å². The van der Waals surface area contributed by atoms with Crippen molar-refractivity contribution in [2.24, 2.45) is 5.10 Å². The van der Waals surface area contributed by atoms with Crippen LogP contribution in [0.4, 0.5) is 13.2 Å². The minimum Gasteiger partial charge on any atom is -0.497 e. The predicted octanol–water partition coefficient (Wildman–Crippen LogP) is 3.48. The van der Waals surface area contributed by atoms with Crippen molar-refractivity contribution < 1.29 is 22.7 Å². The van der Waals surface area contributed by atoms with Gasteiger partial charge in [-0.15, -0.1) is 0 Å². The molecule has 0 bridgehead atoms. The molecule has 0 radical (unpaired) electrons. The van der Waals surface area contributed by atoms with E-state index in [1.54, 1.807) is 24.3 Å². The number of methoxy groups -OCH3 is 1. The van der Waals surface area contributed by atoms with E-state index in [0.29, 0.717) is 16.9 Å². The molecule has 0 spiro atoms. The van der Waals surface area contributed by atoms with Gasteiger partial charge >= 0.3 is 6.18 Å². The quantitative estimate of drug-likeness (QED) is 0.692. The fourth-order valence-electron chi connectivity index (χ4n) is 1.75. The monoisotopic (exact) mass is 322 g/mol. The molecule has 0 aliphatic heterocycles. The molecule has 0 fully saturated rings. The Balaban J connectivity index is 1.99. The molecule has 2 aromatic rings. The lowest BCUT2D eigenvalue weighted by Gasteiger charge is -2.05. The van der Waals surface area contributed by atoms with Crippen LogP contribution in [0.2, 0.25) is 0 Å². The smallest absolute Gasteiger partial charge is 0.416 e. The second-order valence-electron chi connectivity index (χ2n) is 4.55. The zero-order valence-electron chi connectivity index (χ0n) is 12.1. The molecule has 1 amide bonds. The number of nitrogens with zero attached hydrogens (tertiary/aromatic N) is 1. The van der Waals surface area contributed by atoms with E-state index in [2.05, 4.69) is 10.5 Å². The lowest BCUT2D eigenvalue weighted by molar-refractivity contribution is -0.137. The predicted molar refractivity (Wildman–Crippen MR) is 79.5 cm³/mol. The van der Waals surface area contributed by atoms with Gasteiger partial charge < -0.3 is 4.74 Å². The molecule has 0 aliphatic rings. The van der Waals surface area contributed by atoms with Crippen LogP contribution in [0.15, 0.2) is 53.6 Å². The third kappa shape index (κ3) is 4.57. The molecular weight excluding hydrogens is 309 g/mol. The van der Waals surface area contributed by atoms with Crippen LogP contribution >= 0.6 is 0 Å². The van der Waals surface area contributed by atoms with Crippen molar-refractivity contribution in [3.05, 3.63) is 65.2 Å². The summed E-state index contributed by atoms with van der Waals surface area (Å²) in [6.07, 6.45) is -3.12. The maximum absolute atomic E-state index is 12.4. The Morgan fingerprint density at radius 3 is 2.48 bits per heavy atom. The van der Waals surface area contributed by atoms with Gasteiger partial charge in [-0.05, 0) is 35.9 Å². The second-order valence-corrected chi connectivity index (χ2v) is 4.55. The van der Waals surface area contributed by atoms with Gasteiger partial charge in [0.25, 0.3) is 5.91 Å². The number of rotatable bonds is 4. The Labute approximate surface area is 130 Å². The molecule has 23 heavy (non-hydrogen) atoms. The van der Waals surface area contributed by atoms with Crippen LogP contribution in [0.5, 0.6) is 5.75 Å². The first kappa shape index (κ1) is 16.5. The largest absolute Gasteiger partial charge is 0.497 e. The first-order chi connectivity index (χ1) is 10.9. The number of alkyl halides is 3. The van der Waals surface area contributed by atoms with Crippen LogP contribution < -0.4 is 10.2 Å². The number of amides is 1. The van der Waals surface area contributed by atoms with E-state index in [9.17, 15) is 18.0 Å². The zero-order valence-corrected chi connectivity index (χ0v) is 12.1. The third-order valence-electron chi connectivity index (χ3n) is 2.95. The van der Waals surface area contributed by atoms with Crippen LogP contribution in [-0.2, 0) is 6.18 Å². The SMILES string of the molecule is COc1cccc(C(=O)NN=Cc2ccc(C(F)(F)F)cc2)c1. The number of ether oxygens (including phenoxy) is 1. The molecule has 2 aromatic carbocycles. The van der Waals surface area contributed by atoms with Gasteiger partial charge in [0.15, 0.2) is 0 Å². The van der Waals surface area contributed by atoms with Crippen molar-refractivity contribution in [1.82, 2.24) is 5.43 Å². The van der Waals surface area contributed by atoms with E-state index in [-0.39, 0.29) is 0 Å². The van der Waals surface area contributed by atoms with Crippen LogP contribution in [0.3, 0.4) is 0 Å². The minimum atomic E-state index is -4.38. The van der Waals surface area contributed by atoms with Gasteiger partial charge in [0.1, 0.15) is 5.75 Å². The Hall–Kier alpha value is -2.83. The van der Waals surface area contributed by atoms with E-state index in [4.69, 9.17) is 4.74 Å². The highest BCUT2D eigenvalue weighted by Crippen LogP contribution is 2.28. The highest BCUT2D eigenvalue weighted by Gasteiger charge is 2.29. The number of hydrazone groups is 1. The van der Waals surface area contributed by atoms with Crippen molar-refractivity contribution in [2.75, 3.05) is 7.11 Å². The first-order valence-electron chi connectivity index (χ1n) is 6.55. The van der Waals surface area contributed by atoms with E-state index in [1.807, 2.05) is 0 Å². The highest BCUT2D eigenvalue weighted by atomic mass is 19.4. The lowest BCUT2D eigenvalue weighted by atomic mass is 10.1. The maximum atomic E-state index is 12.4. The molecule has 0 aromatic heterocycles. The minimum absolute atomic E-state index is 0.355. The summed E-state index contributed by atoms with van der Waals surface area (Å²) in [4.78, 5) is 11.9. The fraction of sp³-hybridized carbons (Fsp3) is 0.125. The van der Waals surface area contributed by atoms with Crippen LogP contribution in [0.1, 0.15) is 21.5 Å². The number of benzene rings is 2. The number of nitrogens with one attached hydrogen (secondary N) is 1. The van der Waals surface area contributed by atoms with Gasteiger partial charge in [0.05, 0.1) is 18.9 Å². The number of hydrogen-bond acceptors (Lipinski definition) is 3. The molecule has 0 aliphatic carbocycles. The normalized spacial score (nSPS) is 11.5. The van der Waals surface area contributed by atoms with Crippen molar-refractivity contribution in [3.8, 4) is 5.75 Å². The Kier molecular flexibility index (Phi) is 5.00. The summed E-state index contributed by atoms with van der Waals surface area (Å²) < 4.78 is 42.3. The fourth-order valence-corrected chi connectivity index (χ4v) is 1.75. The van der Waals surface area contributed by atoms with Crippen molar-refractivity contribution in [3.63, 3.8) is 0 Å². The summed E-state index contributed by atoms with van der Waals surface area (Å²) in [5, 5.41) is 3.72. The summed E-state index contributed by atoms with van der Waals surface area (Å²) in [7, 11) is 1.49. The summed E-state index contributed by atoms with van der Waals surface area (Å²) >= 11 is 0. The number of carbonyl (C=O) groups excluding carboxylic acids is 1. The summed E-state index contributed by atoms with van der Waals surface area (Å²) in [6.45, 7) is 0. The van der Waals surface area contributed by atoms with Crippen molar-refractivity contribution in [2.45, 2.75) is 6.18 Å². The zero-order chi connectivity index (χ0) is 16.9. The van der Waals surface area contributed by atoms with Gasteiger partial charge in [-0.3, -0.25) is 4.79 Å². The molecule has 4 nitrogen and oxygen atoms in total. The van der Waals surface area contributed by atoms with Crippen LogP contribution in [-0.4, -0.2) is 19.2 Å². The van der Waals surface area contributed by atoms with E-state index in [1.165, 1.54) is 25.5 Å². The van der Waals surface area contributed by atoms with Crippen LogP contribution in [0.25, 0.3) is 0 Å². The third-order valence-corrected chi connectivity index (χ3v) is 2.95. The van der Waals surface area contributed by atoms with E-state index in [0.717, 1.165) is 12.1 Å². The Bertz CT molecular complexity index is 710. The number of halogens is 3.